The third kappa shape index (κ3) is 1.44. The van der Waals surface area contributed by atoms with Gasteiger partial charge in [-0.05, 0) is 6.08 Å². The highest BCUT2D eigenvalue weighted by atomic mass is 32.1. The van der Waals surface area contributed by atoms with Crippen LogP contribution in [-0.4, -0.2) is 25.9 Å². The van der Waals surface area contributed by atoms with E-state index in [2.05, 4.69) is 32.8 Å². The van der Waals surface area contributed by atoms with Gasteiger partial charge in [0.1, 0.15) is 12.1 Å². The van der Waals surface area contributed by atoms with Crippen molar-refractivity contribution in [1.82, 2.24) is 20.2 Å². The first-order valence-corrected chi connectivity index (χ1v) is 4.68. The molecule has 14 heavy (non-hydrogen) atoms. The molecule has 2 rings (SSSR count). The van der Waals surface area contributed by atoms with Gasteiger partial charge < -0.3 is 5.73 Å². The maximum absolute atomic E-state index is 5.71. The average Bonchev–Trinajstić information content (AvgIpc) is 2.59. The van der Waals surface area contributed by atoms with Crippen LogP contribution in [0.4, 0.5) is 5.82 Å². The number of aromatic amines is 1. The van der Waals surface area contributed by atoms with Crippen LogP contribution in [0, 0.1) is 0 Å². The van der Waals surface area contributed by atoms with Crippen LogP contribution in [-0.2, 0) is 0 Å². The molecule has 0 bridgehead atoms. The van der Waals surface area contributed by atoms with E-state index < -0.39 is 0 Å². The Hall–Kier alpha value is -1.56. The first-order valence-electron chi connectivity index (χ1n) is 4.05. The highest BCUT2D eigenvalue weighted by Crippen LogP contribution is 2.19. The Bertz CT molecular complexity index is 476. The maximum Gasteiger partial charge on any atom is 0.186 e. The van der Waals surface area contributed by atoms with Crippen LogP contribution in [0.1, 0.15) is 5.69 Å². The molecule has 0 aliphatic heterocycles. The van der Waals surface area contributed by atoms with E-state index >= 15 is 0 Å². The van der Waals surface area contributed by atoms with E-state index in [1.54, 1.807) is 0 Å². The fourth-order valence-electron chi connectivity index (χ4n) is 1.19. The van der Waals surface area contributed by atoms with Crippen LogP contribution < -0.4 is 5.73 Å². The lowest BCUT2D eigenvalue weighted by Crippen LogP contribution is -1.92. The molecule has 0 saturated carbocycles. The zero-order valence-corrected chi connectivity index (χ0v) is 8.20. The maximum atomic E-state index is 5.71. The number of nitrogens with two attached hydrogens (primary N) is 1. The molecule has 6 heteroatoms. The van der Waals surface area contributed by atoms with E-state index in [-0.39, 0.29) is 0 Å². The Morgan fingerprint density at radius 2 is 2.36 bits per heavy atom. The van der Waals surface area contributed by atoms with Gasteiger partial charge >= 0.3 is 0 Å². The molecular weight excluding hydrogens is 198 g/mol. The molecule has 2 aromatic heterocycles. The second-order valence-electron chi connectivity index (χ2n) is 2.68. The van der Waals surface area contributed by atoms with Gasteiger partial charge in [-0.25, -0.2) is 9.97 Å². The number of fused-ring (bicyclic) bond motifs is 1. The summed E-state index contributed by atoms with van der Waals surface area (Å²) in [6, 6.07) is 0. The SMILES string of the molecule is Nc1ncnc2n[nH]c(C=CCS)c12. The topological polar surface area (TPSA) is 80.5 Å². The highest BCUT2D eigenvalue weighted by molar-refractivity contribution is 7.80. The van der Waals surface area contributed by atoms with Crippen molar-refractivity contribution in [2.45, 2.75) is 0 Å². The Morgan fingerprint density at radius 1 is 1.50 bits per heavy atom. The van der Waals surface area contributed by atoms with Crippen molar-refractivity contribution >= 4 is 35.6 Å². The summed E-state index contributed by atoms with van der Waals surface area (Å²) in [6.07, 6.45) is 5.15. The fraction of sp³-hybridized carbons (Fsp3) is 0.125. The molecule has 0 aromatic carbocycles. The number of hydrogen-bond donors (Lipinski definition) is 3. The predicted octanol–water partition coefficient (Wildman–Crippen LogP) is 0.878. The quantitative estimate of drug-likeness (QED) is 0.638. The van der Waals surface area contributed by atoms with Crippen LogP contribution in [0.5, 0.6) is 0 Å². The standard InChI is InChI=1S/C8H9N5S/c9-7-6-5(2-1-3-14)12-13-8(6)11-4-10-7/h1-2,4,14H,3H2,(H3,9,10,11,12,13). The van der Waals surface area contributed by atoms with Crippen molar-refractivity contribution in [2.24, 2.45) is 0 Å². The summed E-state index contributed by atoms with van der Waals surface area (Å²) in [4.78, 5) is 7.89. The van der Waals surface area contributed by atoms with E-state index in [1.165, 1.54) is 6.33 Å². The molecule has 0 radical (unpaired) electrons. The molecule has 0 spiro atoms. The normalized spacial score (nSPS) is 11.5. The van der Waals surface area contributed by atoms with E-state index in [1.807, 2.05) is 12.2 Å². The number of H-pyrrole nitrogens is 1. The van der Waals surface area contributed by atoms with E-state index in [9.17, 15) is 0 Å². The summed E-state index contributed by atoms with van der Waals surface area (Å²) in [7, 11) is 0. The Morgan fingerprint density at radius 3 is 3.14 bits per heavy atom. The predicted molar refractivity (Wildman–Crippen MR) is 59.0 cm³/mol. The van der Waals surface area contributed by atoms with Crippen molar-refractivity contribution in [2.75, 3.05) is 11.5 Å². The van der Waals surface area contributed by atoms with Gasteiger partial charge in [0, 0.05) is 5.75 Å². The van der Waals surface area contributed by atoms with Gasteiger partial charge in [-0.2, -0.15) is 17.7 Å². The molecule has 0 aliphatic carbocycles. The van der Waals surface area contributed by atoms with E-state index in [4.69, 9.17) is 5.73 Å². The van der Waals surface area contributed by atoms with E-state index in [0.29, 0.717) is 17.2 Å². The van der Waals surface area contributed by atoms with Crippen molar-refractivity contribution in [3.63, 3.8) is 0 Å². The van der Waals surface area contributed by atoms with Gasteiger partial charge in [0.05, 0.1) is 11.1 Å². The van der Waals surface area contributed by atoms with Crippen molar-refractivity contribution < 1.29 is 0 Å². The molecule has 0 aliphatic rings. The molecule has 0 unspecified atom stereocenters. The van der Waals surface area contributed by atoms with Crippen LogP contribution in [0.25, 0.3) is 17.1 Å². The number of nitrogen functional groups attached to an aromatic ring is 1. The lowest BCUT2D eigenvalue weighted by atomic mass is 10.2. The zero-order valence-electron chi connectivity index (χ0n) is 7.31. The Labute approximate surface area is 85.8 Å². The van der Waals surface area contributed by atoms with Gasteiger partial charge in [0.2, 0.25) is 0 Å². The highest BCUT2D eigenvalue weighted by Gasteiger charge is 2.07. The van der Waals surface area contributed by atoms with Crippen molar-refractivity contribution in [3.05, 3.63) is 18.1 Å². The number of thiol groups is 1. The van der Waals surface area contributed by atoms with Gasteiger partial charge in [-0.15, -0.1) is 0 Å². The minimum atomic E-state index is 0.433. The third-order valence-corrected chi connectivity index (χ3v) is 2.01. The summed E-state index contributed by atoms with van der Waals surface area (Å²) in [5, 5.41) is 7.59. The molecule has 2 aromatic rings. The smallest absolute Gasteiger partial charge is 0.186 e. The lowest BCUT2D eigenvalue weighted by Gasteiger charge is -1.93. The first kappa shape index (κ1) is 9.01. The second kappa shape index (κ2) is 3.67. The minimum absolute atomic E-state index is 0.433. The summed E-state index contributed by atoms with van der Waals surface area (Å²) in [6.45, 7) is 0. The van der Waals surface area contributed by atoms with Crippen LogP contribution in [0.2, 0.25) is 0 Å². The molecule has 0 amide bonds. The summed E-state index contributed by atoms with van der Waals surface area (Å²) in [5.74, 6) is 1.09. The minimum Gasteiger partial charge on any atom is -0.383 e. The molecule has 0 atom stereocenters. The summed E-state index contributed by atoms with van der Waals surface area (Å²) in [5.41, 5.74) is 7.10. The molecule has 5 nitrogen and oxygen atoms in total. The zero-order chi connectivity index (χ0) is 9.97. The van der Waals surface area contributed by atoms with Crippen LogP contribution in [0.3, 0.4) is 0 Å². The van der Waals surface area contributed by atoms with Gasteiger partial charge in [0.25, 0.3) is 0 Å². The number of nitrogens with one attached hydrogen (secondary N) is 1. The van der Waals surface area contributed by atoms with E-state index in [0.717, 1.165) is 11.1 Å². The average molecular weight is 207 g/mol. The molecule has 2 heterocycles. The van der Waals surface area contributed by atoms with Gasteiger partial charge in [0.15, 0.2) is 5.65 Å². The second-order valence-corrected chi connectivity index (χ2v) is 3.04. The fourth-order valence-corrected chi connectivity index (χ4v) is 1.30. The van der Waals surface area contributed by atoms with Crippen molar-refractivity contribution in [3.8, 4) is 0 Å². The van der Waals surface area contributed by atoms with Crippen LogP contribution in [0.15, 0.2) is 12.4 Å². The third-order valence-electron chi connectivity index (χ3n) is 1.80. The molecule has 3 N–H and O–H groups in total. The molecular formula is C8H9N5S. The lowest BCUT2D eigenvalue weighted by molar-refractivity contribution is 1.08. The first-order chi connectivity index (χ1) is 6.83. The van der Waals surface area contributed by atoms with Crippen LogP contribution >= 0.6 is 12.6 Å². The Balaban J connectivity index is 2.61. The molecule has 72 valence electrons. The number of hydrogen-bond acceptors (Lipinski definition) is 5. The number of anilines is 1. The monoisotopic (exact) mass is 207 g/mol. The largest absolute Gasteiger partial charge is 0.383 e. The van der Waals surface area contributed by atoms with Crippen molar-refractivity contribution in [1.29, 1.82) is 0 Å². The number of nitrogens with zero attached hydrogens (tertiary/aromatic N) is 3. The molecule has 0 fully saturated rings. The number of rotatable bonds is 2. The summed E-state index contributed by atoms with van der Waals surface area (Å²) >= 11 is 4.07. The summed E-state index contributed by atoms with van der Waals surface area (Å²) < 4.78 is 0. The Kier molecular flexibility index (Phi) is 2.36. The molecule has 0 saturated heterocycles. The van der Waals surface area contributed by atoms with Gasteiger partial charge in [-0.3, -0.25) is 5.10 Å². The number of aromatic nitrogens is 4. The van der Waals surface area contributed by atoms with Gasteiger partial charge in [-0.1, -0.05) is 6.08 Å².